The number of benzene rings is 1. The van der Waals surface area contributed by atoms with Crippen LogP contribution in [-0.2, 0) is 17.8 Å². The summed E-state index contributed by atoms with van der Waals surface area (Å²) in [5.41, 5.74) is 3.18. The van der Waals surface area contributed by atoms with Crippen LogP contribution in [0, 0.1) is 0 Å². The topological polar surface area (TPSA) is 54.0 Å². The zero-order chi connectivity index (χ0) is 15.6. The molecule has 0 bridgehead atoms. The van der Waals surface area contributed by atoms with Gasteiger partial charge in [-0.2, -0.15) is 0 Å². The average molecular weight is 297 g/mol. The SMILES string of the molecule is CCCCNc1ccc(CC(=O)NCc2ccncc2)cc1. The highest BCUT2D eigenvalue weighted by Gasteiger charge is 2.03. The number of amides is 1. The fourth-order valence-corrected chi connectivity index (χ4v) is 2.10. The Morgan fingerprint density at radius 1 is 1.05 bits per heavy atom. The normalized spacial score (nSPS) is 10.2. The maximum Gasteiger partial charge on any atom is 0.224 e. The van der Waals surface area contributed by atoms with Crippen LogP contribution in [0.5, 0.6) is 0 Å². The quantitative estimate of drug-likeness (QED) is 0.736. The predicted octanol–water partition coefficient (Wildman–Crippen LogP) is 3.15. The number of anilines is 1. The van der Waals surface area contributed by atoms with E-state index in [-0.39, 0.29) is 5.91 Å². The number of pyridine rings is 1. The van der Waals surface area contributed by atoms with Crippen molar-refractivity contribution in [3.05, 3.63) is 59.9 Å². The van der Waals surface area contributed by atoms with Gasteiger partial charge in [0.1, 0.15) is 0 Å². The summed E-state index contributed by atoms with van der Waals surface area (Å²) >= 11 is 0. The van der Waals surface area contributed by atoms with Crippen LogP contribution in [0.1, 0.15) is 30.9 Å². The zero-order valence-electron chi connectivity index (χ0n) is 13.0. The molecule has 0 unspecified atom stereocenters. The van der Waals surface area contributed by atoms with Gasteiger partial charge in [0, 0.05) is 31.2 Å². The molecule has 0 fully saturated rings. The minimum Gasteiger partial charge on any atom is -0.385 e. The molecule has 116 valence electrons. The minimum atomic E-state index is 0.0310. The number of nitrogens with one attached hydrogen (secondary N) is 2. The van der Waals surface area contributed by atoms with Gasteiger partial charge >= 0.3 is 0 Å². The van der Waals surface area contributed by atoms with Crippen molar-refractivity contribution in [1.29, 1.82) is 0 Å². The summed E-state index contributed by atoms with van der Waals surface area (Å²) < 4.78 is 0. The Labute approximate surface area is 132 Å². The van der Waals surface area contributed by atoms with Gasteiger partial charge in [-0.1, -0.05) is 25.5 Å². The lowest BCUT2D eigenvalue weighted by Gasteiger charge is -2.08. The van der Waals surface area contributed by atoms with Gasteiger partial charge in [-0.25, -0.2) is 0 Å². The van der Waals surface area contributed by atoms with E-state index in [9.17, 15) is 4.79 Å². The molecule has 1 heterocycles. The first kappa shape index (κ1) is 16.0. The van der Waals surface area contributed by atoms with Gasteiger partial charge in [0.25, 0.3) is 0 Å². The molecule has 1 aromatic carbocycles. The molecule has 1 amide bonds. The third kappa shape index (κ3) is 5.56. The summed E-state index contributed by atoms with van der Waals surface area (Å²) in [5, 5.41) is 6.29. The number of carbonyl (C=O) groups excluding carboxylic acids is 1. The standard InChI is InChI=1S/C18H23N3O/c1-2-3-10-20-17-6-4-15(5-7-17)13-18(22)21-14-16-8-11-19-12-9-16/h4-9,11-12,20H,2-3,10,13-14H2,1H3,(H,21,22). The van der Waals surface area contributed by atoms with Crippen molar-refractivity contribution < 1.29 is 4.79 Å². The van der Waals surface area contributed by atoms with Crippen molar-refractivity contribution in [2.75, 3.05) is 11.9 Å². The fourth-order valence-electron chi connectivity index (χ4n) is 2.10. The lowest BCUT2D eigenvalue weighted by Crippen LogP contribution is -2.24. The molecule has 2 rings (SSSR count). The second kappa shape index (κ2) is 8.82. The Bertz CT molecular complexity index is 567. The molecule has 0 radical (unpaired) electrons. The maximum atomic E-state index is 11.9. The van der Waals surface area contributed by atoms with Crippen LogP contribution in [0.2, 0.25) is 0 Å². The first-order valence-electron chi connectivity index (χ1n) is 7.76. The van der Waals surface area contributed by atoms with E-state index in [1.807, 2.05) is 36.4 Å². The molecule has 0 spiro atoms. The van der Waals surface area contributed by atoms with Crippen molar-refractivity contribution >= 4 is 11.6 Å². The average Bonchev–Trinajstić information content (AvgIpc) is 2.56. The van der Waals surface area contributed by atoms with E-state index in [4.69, 9.17) is 0 Å². The highest BCUT2D eigenvalue weighted by molar-refractivity contribution is 5.78. The smallest absolute Gasteiger partial charge is 0.224 e. The Kier molecular flexibility index (Phi) is 6.42. The number of hydrogen-bond acceptors (Lipinski definition) is 3. The molecule has 0 saturated heterocycles. The van der Waals surface area contributed by atoms with Crippen LogP contribution in [0.25, 0.3) is 0 Å². The third-order valence-electron chi connectivity index (χ3n) is 3.42. The van der Waals surface area contributed by atoms with Gasteiger partial charge in [0.2, 0.25) is 5.91 Å². The summed E-state index contributed by atoms with van der Waals surface area (Å²) in [5.74, 6) is 0.0310. The summed E-state index contributed by atoms with van der Waals surface area (Å²) in [6, 6.07) is 11.9. The molecule has 22 heavy (non-hydrogen) atoms. The second-order valence-electron chi connectivity index (χ2n) is 5.29. The lowest BCUT2D eigenvalue weighted by molar-refractivity contribution is -0.120. The van der Waals surface area contributed by atoms with E-state index in [1.54, 1.807) is 12.4 Å². The van der Waals surface area contributed by atoms with E-state index < -0.39 is 0 Å². The summed E-state index contributed by atoms with van der Waals surface area (Å²) in [6.07, 6.45) is 6.21. The van der Waals surface area contributed by atoms with Crippen LogP contribution in [-0.4, -0.2) is 17.4 Å². The van der Waals surface area contributed by atoms with E-state index in [0.29, 0.717) is 13.0 Å². The zero-order valence-corrected chi connectivity index (χ0v) is 13.0. The van der Waals surface area contributed by atoms with Gasteiger partial charge in [0.05, 0.1) is 6.42 Å². The largest absolute Gasteiger partial charge is 0.385 e. The highest BCUT2D eigenvalue weighted by atomic mass is 16.1. The van der Waals surface area contributed by atoms with Crippen molar-refractivity contribution in [3.63, 3.8) is 0 Å². The first-order chi connectivity index (χ1) is 10.8. The number of nitrogens with zero attached hydrogens (tertiary/aromatic N) is 1. The Balaban J connectivity index is 1.76. The second-order valence-corrected chi connectivity index (χ2v) is 5.29. The molecule has 0 aliphatic carbocycles. The molecular weight excluding hydrogens is 274 g/mol. The monoisotopic (exact) mass is 297 g/mol. The van der Waals surface area contributed by atoms with Crippen molar-refractivity contribution in [3.8, 4) is 0 Å². The van der Waals surface area contributed by atoms with Gasteiger partial charge in [0.15, 0.2) is 0 Å². The van der Waals surface area contributed by atoms with Crippen LogP contribution >= 0.6 is 0 Å². The summed E-state index contributed by atoms with van der Waals surface area (Å²) in [6.45, 7) is 3.70. The number of aromatic nitrogens is 1. The molecule has 1 aromatic heterocycles. The van der Waals surface area contributed by atoms with Gasteiger partial charge in [-0.15, -0.1) is 0 Å². The van der Waals surface area contributed by atoms with Crippen molar-refractivity contribution in [2.45, 2.75) is 32.7 Å². The molecule has 4 nitrogen and oxygen atoms in total. The van der Waals surface area contributed by atoms with E-state index in [0.717, 1.165) is 23.4 Å². The lowest BCUT2D eigenvalue weighted by atomic mass is 10.1. The third-order valence-corrected chi connectivity index (χ3v) is 3.42. The summed E-state index contributed by atoms with van der Waals surface area (Å²) in [4.78, 5) is 15.9. The van der Waals surface area contributed by atoms with Crippen LogP contribution in [0.15, 0.2) is 48.8 Å². The Morgan fingerprint density at radius 2 is 1.77 bits per heavy atom. The number of carbonyl (C=O) groups is 1. The van der Waals surface area contributed by atoms with E-state index >= 15 is 0 Å². The van der Waals surface area contributed by atoms with Crippen LogP contribution in [0.4, 0.5) is 5.69 Å². The van der Waals surface area contributed by atoms with Crippen LogP contribution < -0.4 is 10.6 Å². The van der Waals surface area contributed by atoms with Crippen LogP contribution in [0.3, 0.4) is 0 Å². The molecule has 0 aliphatic rings. The molecule has 2 N–H and O–H groups in total. The number of unbranched alkanes of at least 4 members (excludes halogenated alkanes) is 1. The minimum absolute atomic E-state index is 0.0310. The number of rotatable bonds is 8. The molecule has 4 heteroatoms. The molecule has 2 aromatic rings. The van der Waals surface area contributed by atoms with Gasteiger partial charge in [-0.3, -0.25) is 9.78 Å². The molecular formula is C18H23N3O. The fraction of sp³-hybridized carbons (Fsp3) is 0.333. The van der Waals surface area contributed by atoms with Gasteiger partial charge in [-0.05, 0) is 41.8 Å². The molecule has 0 atom stereocenters. The van der Waals surface area contributed by atoms with E-state index in [1.165, 1.54) is 12.8 Å². The first-order valence-corrected chi connectivity index (χ1v) is 7.76. The molecule has 0 aliphatic heterocycles. The summed E-state index contributed by atoms with van der Waals surface area (Å²) in [7, 11) is 0. The van der Waals surface area contributed by atoms with Crippen molar-refractivity contribution in [1.82, 2.24) is 10.3 Å². The molecule has 0 saturated carbocycles. The van der Waals surface area contributed by atoms with E-state index in [2.05, 4.69) is 22.5 Å². The highest BCUT2D eigenvalue weighted by Crippen LogP contribution is 2.10. The predicted molar refractivity (Wildman–Crippen MR) is 89.6 cm³/mol. The van der Waals surface area contributed by atoms with Crippen molar-refractivity contribution in [2.24, 2.45) is 0 Å². The van der Waals surface area contributed by atoms with Gasteiger partial charge < -0.3 is 10.6 Å². The number of hydrogen-bond donors (Lipinski definition) is 2. The maximum absolute atomic E-state index is 11.9. The Morgan fingerprint density at radius 3 is 2.45 bits per heavy atom. The Hall–Kier alpha value is -2.36.